The Bertz CT molecular complexity index is 630. The lowest BCUT2D eigenvalue weighted by atomic mass is 9.99. The SMILES string of the molecule is COc1cc2c(c(O[C@@H]3O[C@H](CO)[C@@H](O)[C@H](O)[C@H]3O)c1)OC(=O)C2. The first-order valence-electron chi connectivity index (χ1n) is 7.33. The van der Waals surface area contributed by atoms with Gasteiger partial charge in [0.25, 0.3) is 0 Å². The summed E-state index contributed by atoms with van der Waals surface area (Å²) in [6, 6.07) is 3.07. The Kier molecular flexibility index (Phi) is 4.61. The number of carbonyl (C=O) groups is 1. The van der Waals surface area contributed by atoms with E-state index in [4.69, 9.17) is 18.9 Å². The standard InChI is InChI=1S/C15H18O9/c1-21-7-2-6-3-10(17)24-14(6)8(4-7)22-15-13(20)12(19)11(18)9(5-16)23-15/h2,4,9,11-13,15-16,18-20H,3,5H2,1H3/t9-,11-,12+,13-,15-/m1/s1. The number of hydrogen-bond donors (Lipinski definition) is 4. The maximum atomic E-state index is 11.5. The third kappa shape index (κ3) is 2.92. The smallest absolute Gasteiger partial charge is 0.315 e. The van der Waals surface area contributed by atoms with E-state index in [1.807, 2.05) is 0 Å². The normalized spacial score (nSPS) is 32.2. The summed E-state index contributed by atoms with van der Waals surface area (Å²) in [6.07, 6.45) is -7.05. The average Bonchev–Trinajstić information content (AvgIpc) is 2.95. The zero-order chi connectivity index (χ0) is 17.4. The fraction of sp³-hybridized carbons (Fsp3) is 0.533. The van der Waals surface area contributed by atoms with Crippen molar-refractivity contribution in [1.29, 1.82) is 0 Å². The minimum absolute atomic E-state index is 0.0531. The number of hydrogen-bond acceptors (Lipinski definition) is 9. The second-order valence-electron chi connectivity index (χ2n) is 5.58. The van der Waals surface area contributed by atoms with E-state index in [0.29, 0.717) is 11.3 Å². The Labute approximate surface area is 136 Å². The molecule has 132 valence electrons. The van der Waals surface area contributed by atoms with Crippen molar-refractivity contribution in [2.24, 2.45) is 0 Å². The first-order chi connectivity index (χ1) is 11.4. The van der Waals surface area contributed by atoms with Crippen LogP contribution in [-0.2, 0) is 16.0 Å². The number of aliphatic hydroxyl groups excluding tert-OH is 4. The molecule has 0 unspecified atom stereocenters. The van der Waals surface area contributed by atoms with Gasteiger partial charge < -0.3 is 39.4 Å². The van der Waals surface area contributed by atoms with Crippen LogP contribution in [0.25, 0.3) is 0 Å². The molecule has 5 atom stereocenters. The molecule has 0 aliphatic carbocycles. The third-order valence-electron chi connectivity index (χ3n) is 3.98. The molecule has 9 nitrogen and oxygen atoms in total. The minimum Gasteiger partial charge on any atom is -0.497 e. The van der Waals surface area contributed by atoms with Crippen LogP contribution in [0.4, 0.5) is 0 Å². The zero-order valence-corrected chi connectivity index (χ0v) is 12.8. The van der Waals surface area contributed by atoms with Crippen molar-refractivity contribution in [3.63, 3.8) is 0 Å². The van der Waals surface area contributed by atoms with Gasteiger partial charge in [0, 0.05) is 11.6 Å². The van der Waals surface area contributed by atoms with Crippen molar-refractivity contribution < 1.29 is 44.2 Å². The van der Waals surface area contributed by atoms with Crippen molar-refractivity contribution >= 4 is 5.97 Å². The van der Waals surface area contributed by atoms with Crippen molar-refractivity contribution in [1.82, 2.24) is 0 Å². The van der Waals surface area contributed by atoms with E-state index in [1.165, 1.54) is 13.2 Å². The van der Waals surface area contributed by atoms with Crippen molar-refractivity contribution in [3.8, 4) is 17.2 Å². The molecule has 9 heteroatoms. The molecule has 1 aromatic carbocycles. The molecule has 4 N–H and O–H groups in total. The molecular weight excluding hydrogens is 324 g/mol. The van der Waals surface area contributed by atoms with Crippen LogP contribution in [0.2, 0.25) is 0 Å². The van der Waals surface area contributed by atoms with Gasteiger partial charge >= 0.3 is 5.97 Å². The van der Waals surface area contributed by atoms with E-state index in [9.17, 15) is 25.2 Å². The summed E-state index contributed by atoms with van der Waals surface area (Å²) in [5.41, 5.74) is 0.555. The van der Waals surface area contributed by atoms with Crippen LogP contribution in [-0.4, -0.2) is 70.8 Å². The largest absolute Gasteiger partial charge is 0.497 e. The molecule has 1 aromatic rings. The van der Waals surface area contributed by atoms with E-state index in [2.05, 4.69) is 0 Å². The molecule has 24 heavy (non-hydrogen) atoms. The van der Waals surface area contributed by atoms with Crippen LogP contribution in [0.15, 0.2) is 12.1 Å². The number of benzene rings is 1. The summed E-state index contributed by atoms with van der Waals surface area (Å²) in [4.78, 5) is 11.5. The van der Waals surface area contributed by atoms with E-state index in [-0.39, 0.29) is 17.9 Å². The highest BCUT2D eigenvalue weighted by atomic mass is 16.7. The molecule has 0 spiro atoms. The molecule has 2 heterocycles. The van der Waals surface area contributed by atoms with Crippen LogP contribution in [0.1, 0.15) is 5.56 Å². The predicted octanol–water partition coefficient (Wildman–Crippen LogP) is -1.66. The summed E-state index contributed by atoms with van der Waals surface area (Å²) >= 11 is 0. The quantitative estimate of drug-likeness (QED) is 0.374. The number of ether oxygens (including phenoxy) is 4. The lowest BCUT2D eigenvalue weighted by molar-refractivity contribution is -0.277. The minimum atomic E-state index is -1.57. The molecule has 0 aromatic heterocycles. The lowest BCUT2D eigenvalue weighted by Crippen LogP contribution is -2.60. The average molecular weight is 342 g/mol. The van der Waals surface area contributed by atoms with E-state index in [0.717, 1.165) is 0 Å². The number of methoxy groups -OCH3 is 1. The highest BCUT2D eigenvalue weighted by Gasteiger charge is 2.45. The van der Waals surface area contributed by atoms with Crippen LogP contribution >= 0.6 is 0 Å². The van der Waals surface area contributed by atoms with Gasteiger partial charge in [-0.25, -0.2) is 0 Å². The van der Waals surface area contributed by atoms with Gasteiger partial charge in [-0.3, -0.25) is 4.79 Å². The second-order valence-corrected chi connectivity index (χ2v) is 5.58. The molecule has 2 aliphatic heterocycles. The zero-order valence-electron chi connectivity index (χ0n) is 12.8. The van der Waals surface area contributed by atoms with Gasteiger partial charge in [-0.1, -0.05) is 0 Å². The van der Waals surface area contributed by atoms with Crippen LogP contribution in [0.3, 0.4) is 0 Å². The van der Waals surface area contributed by atoms with E-state index in [1.54, 1.807) is 6.07 Å². The number of carbonyl (C=O) groups excluding carboxylic acids is 1. The topological polar surface area (TPSA) is 135 Å². The number of rotatable bonds is 4. The third-order valence-corrected chi connectivity index (χ3v) is 3.98. The Morgan fingerprint density at radius 1 is 1.21 bits per heavy atom. The first kappa shape index (κ1) is 16.9. The highest BCUT2D eigenvalue weighted by Crippen LogP contribution is 2.41. The van der Waals surface area contributed by atoms with Gasteiger partial charge in [-0.2, -0.15) is 0 Å². The summed E-state index contributed by atoms with van der Waals surface area (Å²) in [7, 11) is 1.44. The van der Waals surface area contributed by atoms with Crippen LogP contribution < -0.4 is 14.2 Å². The lowest BCUT2D eigenvalue weighted by Gasteiger charge is -2.39. The summed E-state index contributed by atoms with van der Waals surface area (Å²) < 4.78 is 21.1. The Morgan fingerprint density at radius 2 is 1.96 bits per heavy atom. The first-order valence-corrected chi connectivity index (χ1v) is 7.33. The summed E-state index contributed by atoms with van der Waals surface area (Å²) in [6.45, 7) is -0.573. The molecular formula is C15H18O9. The van der Waals surface area contributed by atoms with Gasteiger partial charge in [0.2, 0.25) is 6.29 Å². The molecule has 3 rings (SSSR count). The molecule has 0 bridgehead atoms. The van der Waals surface area contributed by atoms with Gasteiger partial charge in [0.05, 0.1) is 20.1 Å². The fourth-order valence-corrected chi connectivity index (χ4v) is 2.68. The Hall–Kier alpha value is -1.91. The molecule has 0 amide bonds. The number of esters is 1. The monoisotopic (exact) mass is 342 g/mol. The van der Waals surface area contributed by atoms with Gasteiger partial charge in [-0.15, -0.1) is 0 Å². The van der Waals surface area contributed by atoms with Gasteiger partial charge in [0.15, 0.2) is 11.5 Å². The molecule has 0 radical (unpaired) electrons. The molecule has 2 aliphatic rings. The van der Waals surface area contributed by atoms with Crippen LogP contribution in [0, 0.1) is 0 Å². The summed E-state index contributed by atoms with van der Waals surface area (Å²) in [5, 5.41) is 38.8. The van der Waals surface area contributed by atoms with Crippen molar-refractivity contribution in [2.45, 2.75) is 37.1 Å². The van der Waals surface area contributed by atoms with Crippen molar-refractivity contribution in [2.75, 3.05) is 13.7 Å². The maximum absolute atomic E-state index is 11.5. The number of aliphatic hydroxyl groups is 4. The molecule has 1 fully saturated rings. The van der Waals surface area contributed by atoms with E-state index >= 15 is 0 Å². The second kappa shape index (κ2) is 6.54. The maximum Gasteiger partial charge on any atom is 0.315 e. The molecule has 1 saturated heterocycles. The fourth-order valence-electron chi connectivity index (χ4n) is 2.68. The predicted molar refractivity (Wildman–Crippen MR) is 76.7 cm³/mol. The Morgan fingerprint density at radius 3 is 2.62 bits per heavy atom. The van der Waals surface area contributed by atoms with Gasteiger partial charge in [0.1, 0.15) is 30.2 Å². The summed E-state index contributed by atoms with van der Waals surface area (Å²) in [5.74, 6) is 0.209. The van der Waals surface area contributed by atoms with Crippen LogP contribution in [0.5, 0.6) is 17.2 Å². The van der Waals surface area contributed by atoms with Crippen molar-refractivity contribution in [3.05, 3.63) is 17.7 Å². The Balaban J connectivity index is 1.88. The molecule has 0 saturated carbocycles. The van der Waals surface area contributed by atoms with E-state index < -0.39 is 43.3 Å². The number of fused-ring (bicyclic) bond motifs is 1. The van der Waals surface area contributed by atoms with Gasteiger partial charge in [-0.05, 0) is 6.07 Å². The highest BCUT2D eigenvalue weighted by molar-refractivity contribution is 5.83.